The van der Waals surface area contributed by atoms with Crippen LogP contribution in [0.15, 0.2) is 47.6 Å². The molecule has 166 valence electrons. The molecular weight excluding hydrogens is 422 g/mol. The number of Topliss-reactive ketones (excluding diaryl/α,β-unsaturated/α-hetero) is 1. The molecule has 2 rings (SSSR count). The average Bonchev–Trinajstić information content (AvgIpc) is 2.73. The molecule has 1 atom stereocenters. The van der Waals surface area contributed by atoms with Crippen molar-refractivity contribution in [3.8, 4) is 11.5 Å². The van der Waals surface area contributed by atoms with Crippen molar-refractivity contribution in [1.29, 1.82) is 0 Å². The zero-order chi connectivity index (χ0) is 22.8. The second-order valence-corrected chi connectivity index (χ2v) is 7.64. The maximum Gasteiger partial charge on any atom is 0.315 e. The molecule has 0 bridgehead atoms. The van der Waals surface area contributed by atoms with Crippen LogP contribution < -0.4 is 9.47 Å². The van der Waals surface area contributed by atoms with Crippen LogP contribution >= 0.6 is 11.6 Å². The summed E-state index contributed by atoms with van der Waals surface area (Å²) in [6.45, 7) is 5.80. The van der Waals surface area contributed by atoms with E-state index in [1.54, 1.807) is 50.2 Å². The summed E-state index contributed by atoms with van der Waals surface area (Å²) in [5, 5.41) is 2.97. The summed E-state index contributed by atoms with van der Waals surface area (Å²) in [6, 6.07) is 12.2. The number of hydrogen-bond donors (Lipinski definition) is 0. The van der Waals surface area contributed by atoms with Crippen LogP contribution in [0.1, 0.15) is 43.1 Å². The van der Waals surface area contributed by atoms with Crippen LogP contribution in [0.3, 0.4) is 0 Å². The van der Waals surface area contributed by atoms with Gasteiger partial charge >= 0.3 is 5.91 Å². The minimum Gasteiger partial charge on any atom is -0.493 e. The predicted molar refractivity (Wildman–Crippen MR) is 118 cm³/mol. The van der Waals surface area contributed by atoms with E-state index in [1.807, 2.05) is 6.07 Å². The summed E-state index contributed by atoms with van der Waals surface area (Å²) in [5.74, 6) is 0.171. The second kappa shape index (κ2) is 12.2. The first-order valence-electron chi connectivity index (χ1n) is 9.97. The molecule has 0 fully saturated rings. The van der Waals surface area contributed by atoms with E-state index in [4.69, 9.17) is 25.8 Å². The summed E-state index contributed by atoms with van der Waals surface area (Å²) in [4.78, 5) is 34.0. The van der Waals surface area contributed by atoms with Gasteiger partial charge in [-0.15, -0.1) is 4.91 Å². The normalized spacial score (nSPS) is 11.8. The van der Waals surface area contributed by atoms with Crippen molar-refractivity contribution in [2.24, 2.45) is 5.18 Å². The van der Waals surface area contributed by atoms with Gasteiger partial charge in [-0.2, -0.15) is 0 Å². The van der Waals surface area contributed by atoms with Crippen molar-refractivity contribution in [3.63, 3.8) is 0 Å². The molecule has 0 N–H and O–H groups in total. The number of hydrogen-bond acceptors (Lipinski definition) is 6. The van der Waals surface area contributed by atoms with Crippen molar-refractivity contribution in [2.75, 3.05) is 13.2 Å². The van der Waals surface area contributed by atoms with Gasteiger partial charge in [0, 0.05) is 23.0 Å². The molecule has 31 heavy (non-hydrogen) atoms. The second-order valence-electron chi connectivity index (χ2n) is 7.20. The lowest BCUT2D eigenvalue weighted by atomic mass is 10.1. The van der Waals surface area contributed by atoms with Gasteiger partial charge in [0.2, 0.25) is 0 Å². The topological polar surface area (TPSA) is 91.3 Å². The molecule has 7 nitrogen and oxygen atoms in total. The van der Waals surface area contributed by atoms with Gasteiger partial charge in [-0.25, -0.2) is 0 Å². The fourth-order valence-corrected chi connectivity index (χ4v) is 3.06. The van der Waals surface area contributed by atoms with Crippen LogP contribution in [-0.4, -0.2) is 37.1 Å². The van der Waals surface area contributed by atoms with E-state index in [2.05, 4.69) is 5.18 Å². The van der Waals surface area contributed by atoms with Crippen molar-refractivity contribution < 1.29 is 23.8 Å². The molecule has 0 aliphatic carbocycles. The SMILES string of the molecule is CC(=O)c1cc(Cl)ccc1OCCCOc1cccc(C[C@H](OC(C)C)C(=O)N=O)c1. The first kappa shape index (κ1) is 24.5. The Morgan fingerprint density at radius 3 is 2.48 bits per heavy atom. The zero-order valence-electron chi connectivity index (χ0n) is 17.8. The van der Waals surface area contributed by atoms with E-state index >= 15 is 0 Å². The Balaban J connectivity index is 1.86. The van der Waals surface area contributed by atoms with Crippen LogP contribution in [0, 0.1) is 4.91 Å². The maximum atomic E-state index is 11.7. The molecule has 0 unspecified atom stereocenters. The zero-order valence-corrected chi connectivity index (χ0v) is 18.6. The van der Waals surface area contributed by atoms with E-state index < -0.39 is 12.0 Å². The third-order valence-corrected chi connectivity index (χ3v) is 4.49. The monoisotopic (exact) mass is 447 g/mol. The Labute approximate surface area is 186 Å². The molecule has 0 spiro atoms. The molecule has 0 saturated heterocycles. The number of ether oxygens (including phenoxy) is 3. The number of rotatable bonds is 12. The highest BCUT2D eigenvalue weighted by Gasteiger charge is 2.22. The summed E-state index contributed by atoms with van der Waals surface area (Å²) >= 11 is 5.93. The van der Waals surface area contributed by atoms with Crippen molar-refractivity contribution >= 4 is 23.3 Å². The van der Waals surface area contributed by atoms with Crippen LogP contribution in [0.4, 0.5) is 0 Å². The van der Waals surface area contributed by atoms with Gasteiger partial charge in [0.25, 0.3) is 0 Å². The molecule has 0 radical (unpaired) electrons. The van der Waals surface area contributed by atoms with E-state index in [-0.39, 0.29) is 18.3 Å². The number of amides is 1. The summed E-state index contributed by atoms with van der Waals surface area (Å²) < 4.78 is 16.9. The third-order valence-electron chi connectivity index (χ3n) is 4.26. The number of benzene rings is 2. The lowest BCUT2D eigenvalue weighted by Gasteiger charge is -2.17. The lowest BCUT2D eigenvalue weighted by molar-refractivity contribution is -0.132. The molecular formula is C23H26ClNO6. The smallest absolute Gasteiger partial charge is 0.315 e. The standard InChI is InChI=1S/C23H26ClNO6/c1-15(2)31-22(23(27)25-28)13-17-6-4-7-19(12-17)29-10-5-11-30-21-9-8-18(24)14-20(21)16(3)26/h4,6-9,12,14-15,22H,5,10-11,13H2,1-3H3/t22-/m0/s1. The quantitative estimate of drug-likeness (QED) is 0.258. The highest BCUT2D eigenvalue weighted by atomic mass is 35.5. The molecule has 2 aromatic carbocycles. The molecule has 8 heteroatoms. The third kappa shape index (κ3) is 8.11. The van der Waals surface area contributed by atoms with Gasteiger partial charge in [-0.05, 0) is 56.7 Å². The fraction of sp³-hybridized carbons (Fsp3) is 0.391. The molecule has 0 saturated carbocycles. The molecule has 2 aromatic rings. The Morgan fingerprint density at radius 1 is 1.06 bits per heavy atom. The fourth-order valence-electron chi connectivity index (χ4n) is 2.89. The van der Waals surface area contributed by atoms with Crippen molar-refractivity contribution in [3.05, 3.63) is 63.5 Å². The van der Waals surface area contributed by atoms with Gasteiger partial charge in [0.1, 0.15) is 17.6 Å². The van der Waals surface area contributed by atoms with Gasteiger partial charge in [-0.3, -0.25) is 9.59 Å². The Hall–Kier alpha value is -2.77. The molecule has 0 heterocycles. The Morgan fingerprint density at radius 2 is 1.81 bits per heavy atom. The largest absolute Gasteiger partial charge is 0.493 e. The number of nitrogens with zero attached hydrogens (tertiary/aromatic N) is 1. The minimum atomic E-state index is -0.920. The van der Waals surface area contributed by atoms with Crippen LogP contribution in [0.2, 0.25) is 5.02 Å². The highest BCUT2D eigenvalue weighted by Crippen LogP contribution is 2.23. The Kier molecular flexibility index (Phi) is 9.62. The Bertz CT molecular complexity index is 915. The van der Waals surface area contributed by atoms with E-state index in [0.29, 0.717) is 41.7 Å². The number of carbonyl (C=O) groups is 2. The molecule has 0 aromatic heterocycles. The number of carbonyl (C=O) groups excluding carboxylic acids is 2. The highest BCUT2D eigenvalue weighted by molar-refractivity contribution is 6.31. The lowest BCUT2D eigenvalue weighted by Crippen LogP contribution is -2.28. The van der Waals surface area contributed by atoms with E-state index in [9.17, 15) is 14.5 Å². The maximum absolute atomic E-state index is 11.7. The number of ketones is 1. The van der Waals surface area contributed by atoms with Crippen molar-refractivity contribution in [1.82, 2.24) is 0 Å². The van der Waals surface area contributed by atoms with Gasteiger partial charge in [-0.1, -0.05) is 23.7 Å². The molecule has 0 aliphatic rings. The van der Waals surface area contributed by atoms with Crippen molar-refractivity contribution in [2.45, 2.75) is 45.8 Å². The average molecular weight is 448 g/mol. The minimum absolute atomic E-state index is 0.117. The number of halogens is 1. The first-order valence-corrected chi connectivity index (χ1v) is 10.4. The summed E-state index contributed by atoms with van der Waals surface area (Å²) in [5.41, 5.74) is 1.24. The predicted octanol–water partition coefficient (Wildman–Crippen LogP) is 5.02. The van der Waals surface area contributed by atoms with Gasteiger partial charge in [0.05, 0.1) is 24.9 Å². The number of nitroso groups, excluding NO2 is 1. The van der Waals surface area contributed by atoms with Gasteiger partial charge in [0.15, 0.2) is 5.78 Å². The molecule has 1 amide bonds. The van der Waals surface area contributed by atoms with Gasteiger partial charge < -0.3 is 14.2 Å². The van der Waals surface area contributed by atoms with Crippen LogP contribution in [0.25, 0.3) is 0 Å². The van der Waals surface area contributed by atoms with E-state index in [1.165, 1.54) is 6.92 Å². The van der Waals surface area contributed by atoms with Crippen LogP contribution in [-0.2, 0) is 16.0 Å². The van der Waals surface area contributed by atoms with Crippen LogP contribution in [0.5, 0.6) is 11.5 Å². The van der Waals surface area contributed by atoms with E-state index in [0.717, 1.165) is 5.56 Å². The molecule has 0 aliphatic heterocycles. The first-order chi connectivity index (χ1) is 14.8. The summed E-state index contributed by atoms with van der Waals surface area (Å²) in [7, 11) is 0. The summed E-state index contributed by atoms with van der Waals surface area (Å²) in [6.07, 6.45) is -0.306.